The molecule has 0 aliphatic rings. The molecule has 0 fully saturated rings. The van der Waals surface area contributed by atoms with Crippen LogP contribution in [0.3, 0.4) is 0 Å². The van der Waals surface area contributed by atoms with E-state index in [4.69, 9.17) is 8.92 Å². The topological polar surface area (TPSA) is 72.9 Å². The van der Waals surface area contributed by atoms with Crippen LogP contribution in [0.25, 0.3) is 0 Å². The average molecular weight is 629 g/mol. The van der Waals surface area contributed by atoms with Crippen molar-refractivity contribution in [1.82, 2.24) is 4.90 Å². The number of rotatable bonds is 9. The van der Waals surface area contributed by atoms with Crippen molar-refractivity contribution in [2.24, 2.45) is 0 Å². The van der Waals surface area contributed by atoms with Crippen molar-refractivity contribution in [3.05, 3.63) is 94.5 Å². The molecule has 1 amide bonds. The van der Waals surface area contributed by atoms with Gasteiger partial charge in [-0.05, 0) is 54.1 Å². The van der Waals surface area contributed by atoms with Crippen molar-refractivity contribution in [3.63, 3.8) is 0 Å². The molecule has 0 heterocycles. The number of methoxy groups -OCH3 is 1. The number of carbonyl (C=O) groups is 1. The first-order chi connectivity index (χ1) is 19.3. The molecule has 0 saturated carbocycles. The number of ether oxygens (including phenoxy) is 1. The van der Waals surface area contributed by atoms with E-state index in [9.17, 15) is 52.7 Å². The zero-order chi connectivity index (χ0) is 31.5. The molecule has 0 atom stereocenters. The van der Waals surface area contributed by atoms with Gasteiger partial charge in [0.25, 0.3) is 5.91 Å². The third-order valence-electron chi connectivity index (χ3n) is 5.62. The van der Waals surface area contributed by atoms with Crippen LogP contribution < -0.4 is 4.18 Å². The molecule has 0 spiro atoms. The summed E-state index contributed by atoms with van der Waals surface area (Å²) in [6.07, 6.45) is -15.2. The molecule has 0 radical (unpaired) electrons. The average Bonchev–Trinajstić information content (AvgIpc) is 2.89. The van der Waals surface area contributed by atoms with E-state index in [-0.39, 0.29) is 42.7 Å². The summed E-state index contributed by atoms with van der Waals surface area (Å²) in [7, 11) is -3.53. The van der Waals surface area contributed by atoms with Crippen molar-refractivity contribution >= 4 is 16.0 Å². The van der Waals surface area contributed by atoms with Crippen LogP contribution in [0.2, 0.25) is 0 Å². The summed E-state index contributed by atoms with van der Waals surface area (Å²) in [6, 6.07) is 8.04. The Balaban J connectivity index is 1.92. The van der Waals surface area contributed by atoms with Crippen LogP contribution in [0, 0.1) is 0 Å². The van der Waals surface area contributed by atoms with Crippen molar-refractivity contribution in [3.8, 4) is 5.75 Å². The second kappa shape index (κ2) is 12.2. The van der Waals surface area contributed by atoms with Gasteiger partial charge in [0, 0.05) is 25.8 Å². The summed E-state index contributed by atoms with van der Waals surface area (Å²) >= 11 is 0. The molecule has 3 rings (SSSR count). The summed E-state index contributed by atoms with van der Waals surface area (Å²) in [4.78, 5) is 13.2. The Labute approximate surface area is 233 Å². The minimum atomic E-state index is -5.19. The van der Waals surface area contributed by atoms with Gasteiger partial charge < -0.3 is 13.8 Å². The standard InChI is InChI=1S/C26H20F9NO5S/c1-40-9-8-36(23(37)17-11-19(25(30,31)32)13-20(12-17)26(33,34)35)15-16-4-2-6-21(10-16)41-42(38,39)22-7-3-5-18(14-22)24(27,28)29/h2-7,10-14H,8-9,15H2,1H3. The normalized spacial score (nSPS) is 12.7. The van der Waals surface area contributed by atoms with Gasteiger partial charge in [-0.3, -0.25) is 4.79 Å². The maximum atomic E-state index is 13.3. The lowest BCUT2D eigenvalue weighted by Gasteiger charge is -2.24. The third kappa shape index (κ3) is 8.38. The minimum Gasteiger partial charge on any atom is -0.383 e. The van der Waals surface area contributed by atoms with Crippen LogP contribution >= 0.6 is 0 Å². The number of halogens is 9. The predicted octanol–water partition coefficient (Wildman–Crippen LogP) is 6.80. The second-order valence-electron chi connectivity index (χ2n) is 8.72. The quantitative estimate of drug-likeness (QED) is 0.192. The number of alkyl halides is 9. The van der Waals surface area contributed by atoms with Gasteiger partial charge in [-0.25, -0.2) is 0 Å². The number of hydrogen-bond acceptors (Lipinski definition) is 5. The van der Waals surface area contributed by atoms with Crippen LogP contribution in [-0.2, 0) is 39.9 Å². The molecule has 16 heteroatoms. The largest absolute Gasteiger partial charge is 0.416 e. The van der Waals surface area contributed by atoms with E-state index in [1.54, 1.807) is 0 Å². The summed E-state index contributed by atoms with van der Waals surface area (Å²) in [5.74, 6) is -1.60. The molecule has 0 aromatic heterocycles. The molecule has 3 aromatic rings. The Morgan fingerprint density at radius 2 is 1.33 bits per heavy atom. The minimum absolute atomic E-state index is 0.123. The van der Waals surface area contributed by atoms with Crippen molar-refractivity contribution < 1.29 is 61.6 Å². The molecular formula is C26H20F9NO5S. The SMILES string of the molecule is COCCN(Cc1cccc(OS(=O)(=O)c2cccc(C(F)(F)F)c2)c1)C(=O)c1cc(C(F)(F)F)cc(C(F)(F)F)c1. The smallest absolute Gasteiger partial charge is 0.383 e. The molecule has 228 valence electrons. The number of carbonyl (C=O) groups excluding carboxylic acids is 1. The van der Waals surface area contributed by atoms with Gasteiger partial charge in [0.15, 0.2) is 0 Å². The third-order valence-corrected chi connectivity index (χ3v) is 6.86. The second-order valence-corrected chi connectivity index (χ2v) is 10.3. The Morgan fingerprint density at radius 1 is 0.762 bits per heavy atom. The summed E-state index contributed by atoms with van der Waals surface area (Å²) in [5, 5.41) is 0. The van der Waals surface area contributed by atoms with E-state index in [1.807, 2.05) is 0 Å². The predicted molar refractivity (Wildman–Crippen MR) is 129 cm³/mol. The number of hydrogen-bond donors (Lipinski definition) is 0. The fourth-order valence-corrected chi connectivity index (χ4v) is 4.60. The number of amides is 1. The Kier molecular flexibility index (Phi) is 9.51. The molecule has 0 unspecified atom stereocenters. The molecule has 0 aliphatic heterocycles. The molecular weight excluding hydrogens is 609 g/mol. The summed E-state index contributed by atoms with van der Waals surface area (Å²) in [6.45, 7) is -0.905. The lowest BCUT2D eigenvalue weighted by Crippen LogP contribution is -2.34. The highest BCUT2D eigenvalue weighted by Gasteiger charge is 2.38. The zero-order valence-corrected chi connectivity index (χ0v) is 22.1. The van der Waals surface area contributed by atoms with E-state index >= 15 is 0 Å². The first-order valence-electron chi connectivity index (χ1n) is 11.6. The lowest BCUT2D eigenvalue weighted by molar-refractivity contribution is -0.143. The van der Waals surface area contributed by atoms with E-state index in [1.165, 1.54) is 19.2 Å². The van der Waals surface area contributed by atoms with Gasteiger partial charge >= 0.3 is 28.6 Å². The van der Waals surface area contributed by atoms with Gasteiger partial charge in [-0.1, -0.05) is 18.2 Å². The van der Waals surface area contributed by atoms with Crippen molar-refractivity contribution in [2.45, 2.75) is 30.0 Å². The number of benzene rings is 3. The Hall–Kier alpha value is -3.79. The van der Waals surface area contributed by atoms with Crippen molar-refractivity contribution in [1.29, 1.82) is 0 Å². The van der Waals surface area contributed by atoms with Crippen LogP contribution in [0.4, 0.5) is 39.5 Å². The maximum Gasteiger partial charge on any atom is 0.416 e. The molecule has 0 N–H and O–H groups in total. The van der Waals surface area contributed by atoms with Gasteiger partial charge in [0.05, 0.1) is 23.3 Å². The fourth-order valence-electron chi connectivity index (χ4n) is 3.63. The van der Waals surface area contributed by atoms with Crippen LogP contribution in [-0.4, -0.2) is 39.5 Å². The first kappa shape index (κ1) is 32.7. The van der Waals surface area contributed by atoms with Gasteiger partial charge in [-0.15, -0.1) is 0 Å². The van der Waals surface area contributed by atoms with Gasteiger partial charge in [0.2, 0.25) is 0 Å². The van der Waals surface area contributed by atoms with Crippen LogP contribution in [0.15, 0.2) is 71.6 Å². The monoisotopic (exact) mass is 629 g/mol. The van der Waals surface area contributed by atoms with Gasteiger partial charge in [-0.2, -0.15) is 47.9 Å². The summed E-state index contributed by atoms with van der Waals surface area (Å²) < 4.78 is 154. The van der Waals surface area contributed by atoms with E-state index < -0.39 is 68.2 Å². The first-order valence-corrected chi connectivity index (χ1v) is 13.0. The molecule has 0 bridgehead atoms. The van der Waals surface area contributed by atoms with Gasteiger partial charge in [0.1, 0.15) is 10.6 Å². The molecule has 42 heavy (non-hydrogen) atoms. The van der Waals surface area contributed by atoms with E-state index in [0.717, 1.165) is 29.2 Å². The Morgan fingerprint density at radius 3 is 1.88 bits per heavy atom. The molecule has 3 aromatic carbocycles. The zero-order valence-electron chi connectivity index (χ0n) is 21.3. The van der Waals surface area contributed by atoms with Crippen molar-refractivity contribution in [2.75, 3.05) is 20.3 Å². The lowest BCUT2D eigenvalue weighted by atomic mass is 10.0. The molecule has 0 aliphatic carbocycles. The maximum absolute atomic E-state index is 13.3. The highest BCUT2D eigenvalue weighted by molar-refractivity contribution is 7.87. The van der Waals surface area contributed by atoms with Crippen LogP contribution in [0.1, 0.15) is 32.6 Å². The van der Waals surface area contributed by atoms with E-state index in [2.05, 4.69) is 0 Å². The number of nitrogens with zero attached hydrogens (tertiary/aromatic N) is 1. The highest BCUT2D eigenvalue weighted by Crippen LogP contribution is 2.37. The van der Waals surface area contributed by atoms with E-state index in [0.29, 0.717) is 12.1 Å². The molecule has 6 nitrogen and oxygen atoms in total. The summed E-state index contributed by atoms with van der Waals surface area (Å²) in [5.41, 5.74) is -5.41. The highest BCUT2D eigenvalue weighted by atomic mass is 32.2. The Bertz CT molecular complexity index is 1500. The molecule has 0 saturated heterocycles. The van der Waals surface area contributed by atoms with Crippen LogP contribution in [0.5, 0.6) is 5.75 Å². The fraction of sp³-hybridized carbons (Fsp3) is 0.269.